The Balaban J connectivity index is 1.69. The molecule has 0 saturated carbocycles. The average molecular weight is 438 g/mol. The van der Waals surface area contributed by atoms with Crippen molar-refractivity contribution < 1.29 is 9.53 Å². The second-order valence-electron chi connectivity index (χ2n) is 8.12. The van der Waals surface area contributed by atoms with Crippen LogP contribution in [0.3, 0.4) is 0 Å². The number of rotatable bonds is 9. The Kier molecular flexibility index (Phi) is 7.82. The number of hydrogen-bond donors (Lipinski definition) is 0. The lowest BCUT2D eigenvalue weighted by Crippen LogP contribution is -2.36. The van der Waals surface area contributed by atoms with Crippen molar-refractivity contribution in [3.63, 3.8) is 0 Å². The molecule has 0 bridgehead atoms. The molecule has 2 aromatic carbocycles. The van der Waals surface area contributed by atoms with Crippen LogP contribution in [0.4, 0.5) is 0 Å². The second-order valence-corrected chi connectivity index (χ2v) is 9.06. The minimum Gasteiger partial charge on any atom is -0.486 e. The van der Waals surface area contributed by atoms with Crippen LogP contribution in [-0.4, -0.2) is 47.9 Å². The molecule has 0 N–H and O–H groups in total. The summed E-state index contributed by atoms with van der Waals surface area (Å²) in [4.78, 5) is 21.8. The minimum absolute atomic E-state index is 0.0340. The first-order valence-corrected chi connectivity index (χ1v) is 11.3. The molecule has 0 aliphatic rings. The van der Waals surface area contributed by atoms with E-state index in [2.05, 4.69) is 24.8 Å². The van der Waals surface area contributed by atoms with E-state index in [4.69, 9.17) is 9.72 Å². The fourth-order valence-electron chi connectivity index (χ4n) is 3.24. The van der Waals surface area contributed by atoms with Gasteiger partial charge >= 0.3 is 0 Å². The average Bonchev–Trinajstić information content (AvgIpc) is 3.19. The van der Waals surface area contributed by atoms with Crippen LogP contribution >= 0.6 is 11.3 Å². The van der Waals surface area contributed by atoms with Gasteiger partial charge in [0, 0.05) is 24.0 Å². The molecule has 0 saturated heterocycles. The molecule has 0 aliphatic heterocycles. The van der Waals surface area contributed by atoms with E-state index < -0.39 is 0 Å². The summed E-state index contributed by atoms with van der Waals surface area (Å²) in [5.74, 6) is 0.922. The van der Waals surface area contributed by atoms with Gasteiger partial charge in [-0.1, -0.05) is 29.8 Å². The molecule has 6 heteroatoms. The van der Waals surface area contributed by atoms with Gasteiger partial charge in [-0.25, -0.2) is 4.98 Å². The summed E-state index contributed by atoms with van der Waals surface area (Å²) < 4.78 is 5.99. The molecule has 3 aromatic rings. The number of hydrogen-bond acceptors (Lipinski definition) is 5. The molecule has 0 radical (unpaired) electrons. The van der Waals surface area contributed by atoms with Gasteiger partial charge in [-0.15, -0.1) is 11.3 Å². The van der Waals surface area contributed by atoms with E-state index in [0.717, 1.165) is 34.1 Å². The molecular weight excluding hydrogens is 406 g/mol. The fraction of sp³-hybridized carbons (Fsp3) is 0.360. The van der Waals surface area contributed by atoms with Crippen molar-refractivity contribution in [3.05, 3.63) is 80.8 Å². The largest absolute Gasteiger partial charge is 0.486 e. The van der Waals surface area contributed by atoms with Gasteiger partial charge in [-0.2, -0.15) is 0 Å². The zero-order chi connectivity index (χ0) is 22.4. The van der Waals surface area contributed by atoms with Gasteiger partial charge in [0.05, 0.1) is 12.2 Å². The molecule has 0 aliphatic carbocycles. The predicted molar refractivity (Wildman–Crippen MR) is 127 cm³/mol. The Hall–Kier alpha value is -2.70. The summed E-state index contributed by atoms with van der Waals surface area (Å²) in [6.45, 7) is 8.51. The van der Waals surface area contributed by atoms with E-state index in [1.165, 1.54) is 5.56 Å². The molecule has 1 aromatic heterocycles. The van der Waals surface area contributed by atoms with Crippen LogP contribution in [0.1, 0.15) is 37.7 Å². The number of likely N-dealkylation sites (N-methyl/N-ethyl adjacent to an activating group) is 1. The number of carbonyl (C=O) groups is 1. The van der Waals surface area contributed by atoms with Crippen LogP contribution < -0.4 is 4.74 Å². The monoisotopic (exact) mass is 437 g/mol. The van der Waals surface area contributed by atoms with Crippen LogP contribution in [0.25, 0.3) is 0 Å². The van der Waals surface area contributed by atoms with E-state index in [-0.39, 0.29) is 5.91 Å². The summed E-state index contributed by atoms with van der Waals surface area (Å²) in [6, 6.07) is 13.8. The number of aromatic nitrogens is 1. The SMILES string of the molecule is Cc1cccc(C(=O)N(CCN(C)C)Cc2csc(COc3cccc(C)c3C)n2)c1. The topological polar surface area (TPSA) is 45.7 Å². The first-order chi connectivity index (χ1) is 14.8. The number of carbonyl (C=O) groups excluding carboxylic acids is 1. The van der Waals surface area contributed by atoms with E-state index in [1.807, 2.05) is 67.7 Å². The van der Waals surface area contributed by atoms with Gasteiger partial charge in [0.25, 0.3) is 5.91 Å². The summed E-state index contributed by atoms with van der Waals surface area (Å²) in [7, 11) is 4.03. The lowest BCUT2D eigenvalue weighted by atomic mass is 10.1. The maximum Gasteiger partial charge on any atom is 0.254 e. The maximum absolute atomic E-state index is 13.2. The lowest BCUT2D eigenvalue weighted by Gasteiger charge is -2.24. The Morgan fingerprint density at radius 1 is 1.06 bits per heavy atom. The zero-order valence-corrected chi connectivity index (χ0v) is 19.8. The van der Waals surface area contributed by atoms with Gasteiger partial charge in [-0.05, 0) is 64.2 Å². The van der Waals surface area contributed by atoms with Gasteiger partial charge in [0.2, 0.25) is 0 Å². The molecule has 1 heterocycles. The predicted octanol–water partition coefficient (Wildman–Crippen LogP) is 4.85. The smallest absolute Gasteiger partial charge is 0.254 e. The van der Waals surface area contributed by atoms with E-state index >= 15 is 0 Å². The fourth-order valence-corrected chi connectivity index (χ4v) is 3.93. The number of nitrogens with zero attached hydrogens (tertiary/aromatic N) is 3. The standard InChI is InChI=1S/C25H31N3O2S/c1-18-8-6-10-21(14-18)25(29)28(13-12-27(4)5)15-22-17-31-24(26-22)16-30-23-11-7-9-19(2)20(23)3/h6-11,14,17H,12-13,15-16H2,1-5H3. The number of ether oxygens (including phenoxy) is 1. The second kappa shape index (κ2) is 10.6. The summed E-state index contributed by atoms with van der Waals surface area (Å²) in [5, 5.41) is 2.93. The first kappa shape index (κ1) is 23.0. The minimum atomic E-state index is 0.0340. The maximum atomic E-state index is 13.2. The quantitative estimate of drug-likeness (QED) is 0.480. The van der Waals surface area contributed by atoms with Crippen molar-refractivity contribution in [1.29, 1.82) is 0 Å². The molecule has 5 nitrogen and oxygen atoms in total. The van der Waals surface area contributed by atoms with Gasteiger partial charge < -0.3 is 14.5 Å². The third-order valence-electron chi connectivity index (χ3n) is 5.23. The molecule has 164 valence electrons. The van der Waals surface area contributed by atoms with E-state index in [9.17, 15) is 4.79 Å². The Morgan fingerprint density at radius 2 is 1.84 bits per heavy atom. The van der Waals surface area contributed by atoms with Crippen LogP contribution in [-0.2, 0) is 13.2 Å². The third kappa shape index (κ3) is 6.39. The number of thiazole rings is 1. The molecule has 1 amide bonds. The van der Waals surface area contributed by atoms with Crippen molar-refractivity contribution in [3.8, 4) is 5.75 Å². The van der Waals surface area contributed by atoms with Crippen molar-refractivity contribution in [2.24, 2.45) is 0 Å². The van der Waals surface area contributed by atoms with Gasteiger partial charge in [0.15, 0.2) is 0 Å². The third-order valence-corrected chi connectivity index (χ3v) is 6.10. The van der Waals surface area contributed by atoms with Crippen LogP contribution in [0.5, 0.6) is 5.75 Å². The highest BCUT2D eigenvalue weighted by Crippen LogP contribution is 2.23. The van der Waals surface area contributed by atoms with E-state index in [0.29, 0.717) is 25.3 Å². The molecule has 31 heavy (non-hydrogen) atoms. The molecule has 3 rings (SSSR count). The summed E-state index contributed by atoms with van der Waals surface area (Å²) >= 11 is 1.57. The number of amides is 1. The number of aryl methyl sites for hydroxylation is 2. The Morgan fingerprint density at radius 3 is 2.58 bits per heavy atom. The molecule has 0 spiro atoms. The first-order valence-electron chi connectivity index (χ1n) is 10.5. The van der Waals surface area contributed by atoms with Crippen molar-refractivity contribution >= 4 is 17.2 Å². The number of benzene rings is 2. The van der Waals surface area contributed by atoms with E-state index in [1.54, 1.807) is 11.3 Å². The highest BCUT2D eigenvalue weighted by atomic mass is 32.1. The van der Waals surface area contributed by atoms with Crippen LogP contribution in [0.15, 0.2) is 47.8 Å². The van der Waals surface area contributed by atoms with Crippen molar-refractivity contribution in [2.45, 2.75) is 33.9 Å². The summed E-state index contributed by atoms with van der Waals surface area (Å²) in [5.41, 5.74) is 5.05. The highest BCUT2D eigenvalue weighted by molar-refractivity contribution is 7.09. The molecule has 0 fully saturated rings. The normalized spacial score (nSPS) is 11.0. The lowest BCUT2D eigenvalue weighted by molar-refractivity contribution is 0.0730. The van der Waals surface area contributed by atoms with Crippen LogP contribution in [0.2, 0.25) is 0 Å². The molecule has 0 atom stereocenters. The van der Waals surface area contributed by atoms with Gasteiger partial charge in [0.1, 0.15) is 17.4 Å². The molecule has 0 unspecified atom stereocenters. The van der Waals surface area contributed by atoms with Crippen LogP contribution in [0, 0.1) is 20.8 Å². The van der Waals surface area contributed by atoms with Gasteiger partial charge in [-0.3, -0.25) is 4.79 Å². The summed E-state index contributed by atoms with van der Waals surface area (Å²) in [6.07, 6.45) is 0. The van der Waals surface area contributed by atoms with Crippen molar-refractivity contribution in [1.82, 2.24) is 14.8 Å². The Bertz CT molecular complexity index is 1030. The van der Waals surface area contributed by atoms with Crippen molar-refractivity contribution in [2.75, 3.05) is 27.2 Å². The molecular formula is C25H31N3O2S. The zero-order valence-electron chi connectivity index (χ0n) is 19.0. The highest BCUT2D eigenvalue weighted by Gasteiger charge is 2.18. The Labute approximate surface area is 189 Å².